The van der Waals surface area contributed by atoms with E-state index in [2.05, 4.69) is 37.6 Å². The van der Waals surface area contributed by atoms with Crippen LogP contribution in [0.5, 0.6) is 0 Å². The lowest BCUT2D eigenvalue weighted by atomic mass is 9.84. The second kappa shape index (κ2) is 9.09. The Hall–Kier alpha value is -2.88. The highest BCUT2D eigenvalue weighted by molar-refractivity contribution is 7.13. The molecule has 2 atom stereocenters. The van der Waals surface area contributed by atoms with Gasteiger partial charge < -0.3 is 10.6 Å². The quantitative estimate of drug-likeness (QED) is 0.608. The van der Waals surface area contributed by atoms with E-state index in [9.17, 15) is 9.59 Å². The zero-order chi connectivity index (χ0) is 22.0. The minimum Gasteiger partial charge on any atom is -0.349 e. The van der Waals surface area contributed by atoms with Crippen molar-refractivity contribution in [3.05, 3.63) is 34.3 Å². The minimum absolute atomic E-state index is 0.104. The number of amides is 2. The molecular weight excluding hydrogens is 414 g/mol. The van der Waals surface area contributed by atoms with E-state index in [-0.39, 0.29) is 29.6 Å². The predicted octanol–water partition coefficient (Wildman–Crippen LogP) is 3.01. The summed E-state index contributed by atoms with van der Waals surface area (Å²) in [6, 6.07) is -0.216. The molecule has 3 aromatic heterocycles. The lowest BCUT2D eigenvalue weighted by Crippen LogP contribution is -2.38. The lowest BCUT2D eigenvalue weighted by Gasteiger charge is -2.28. The van der Waals surface area contributed by atoms with E-state index in [0.717, 1.165) is 0 Å². The highest BCUT2D eigenvalue weighted by Crippen LogP contribution is 2.27. The van der Waals surface area contributed by atoms with Crippen LogP contribution in [0.1, 0.15) is 77.2 Å². The maximum atomic E-state index is 12.8. The average molecular weight is 442 g/mol. The van der Waals surface area contributed by atoms with Gasteiger partial charge in [-0.3, -0.25) is 14.3 Å². The standard InChI is InChI=1S/C21H27N7O2S/c1-12(14-7-5-4-6-8-14)26-19(29)16-10-22-21(31-16)13(2)27-20(30)17-15-9-25-28(3)18(15)24-11-23-17/h9-14H,4-8H2,1-3H3,(H,26,29)(H,27,30)/t12-,13?/m1/s1. The Morgan fingerprint density at radius 3 is 2.61 bits per heavy atom. The molecule has 0 aromatic carbocycles. The van der Waals surface area contributed by atoms with E-state index < -0.39 is 0 Å². The summed E-state index contributed by atoms with van der Waals surface area (Å²) >= 11 is 1.30. The zero-order valence-electron chi connectivity index (χ0n) is 18.0. The molecule has 2 N–H and O–H groups in total. The molecule has 0 radical (unpaired) electrons. The maximum absolute atomic E-state index is 12.8. The van der Waals surface area contributed by atoms with Gasteiger partial charge in [0.15, 0.2) is 5.65 Å². The van der Waals surface area contributed by atoms with Crippen molar-refractivity contribution >= 4 is 34.2 Å². The molecule has 1 aliphatic rings. The van der Waals surface area contributed by atoms with Crippen LogP contribution in [0.2, 0.25) is 0 Å². The Balaban J connectivity index is 1.40. The van der Waals surface area contributed by atoms with Crippen molar-refractivity contribution in [2.75, 3.05) is 0 Å². The molecule has 0 bridgehead atoms. The summed E-state index contributed by atoms with van der Waals surface area (Å²) in [5.41, 5.74) is 0.855. The van der Waals surface area contributed by atoms with Crippen LogP contribution >= 0.6 is 11.3 Å². The summed E-state index contributed by atoms with van der Waals surface area (Å²) in [6.07, 6.45) is 10.6. The Labute approximate surface area is 184 Å². The summed E-state index contributed by atoms with van der Waals surface area (Å²) in [6.45, 7) is 3.92. The monoisotopic (exact) mass is 441 g/mol. The number of nitrogens with one attached hydrogen (secondary N) is 2. The summed E-state index contributed by atoms with van der Waals surface area (Å²) in [7, 11) is 1.76. The largest absolute Gasteiger partial charge is 0.349 e. The van der Waals surface area contributed by atoms with Crippen LogP contribution in [0.4, 0.5) is 0 Å². The Bertz CT molecular complexity index is 1090. The zero-order valence-corrected chi connectivity index (χ0v) is 18.8. The molecule has 0 aliphatic heterocycles. The number of carbonyl (C=O) groups is 2. The van der Waals surface area contributed by atoms with E-state index in [1.165, 1.54) is 49.8 Å². The van der Waals surface area contributed by atoms with Crippen LogP contribution in [-0.2, 0) is 7.05 Å². The molecule has 1 aliphatic carbocycles. The van der Waals surface area contributed by atoms with E-state index >= 15 is 0 Å². The fraction of sp³-hybridized carbons (Fsp3) is 0.524. The molecule has 9 nitrogen and oxygen atoms in total. The van der Waals surface area contributed by atoms with E-state index in [1.807, 2.05) is 6.92 Å². The number of aromatic nitrogens is 5. The van der Waals surface area contributed by atoms with Crippen molar-refractivity contribution in [3.8, 4) is 0 Å². The number of thiazole rings is 1. The van der Waals surface area contributed by atoms with Crippen LogP contribution in [-0.4, -0.2) is 42.6 Å². The van der Waals surface area contributed by atoms with Gasteiger partial charge in [0.1, 0.15) is 21.9 Å². The third-order valence-electron chi connectivity index (χ3n) is 5.93. The van der Waals surface area contributed by atoms with Gasteiger partial charge in [-0.05, 0) is 32.6 Å². The molecule has 4 rings (SSSR count). The molecule has 1 unspecified atom stereocenters. The van der Waals surface area contributed by atoms with Crippen LogP contribution in [0, 0.1) is 5.92 Å². The van der Waals surface area contributed by atoms with Crippen molar-refractivity contribution < 1.29 is 9.59 Å². The second-order valence-corrected chi connectivity index (χ2v) is 9.21. The number of hydrogen-bond acceptors (Lipinski definition) is 7. The number of fused-ring (bicyclic) bond motifs is 1. The summed E-state index contributed by atoms with van der Waals surface area (Å²) < 4.78 is 1.59. The lowest BCUT2D eigenvalue weighted by molar-refractivity contribution is 0.0919. The van der Waals surface area contributed by atoms with Gasteiger partial charge in [0.2, 0.25) is 0 Å². The Morgan fingerprint density at radius 2 is 1.84 bits per heavy atom. The minimum atomic E-state index is -0.364. The maximum Gasteiger partial charge on any atom is 0.271 e. The molecule has 2 amide bonds. The van der Waals surface area contributed by atoms with Crippen LogP contribution in [0.25, 0.3) is 11.0 Å². The topological polar surface area (TPSA) is 115 Å². The first-order chi connectivity index (χ1) is 14.9. The van der Waals surface area contributed by atoms with Crippen LogP contribution in [0.3, 0.4) is 0 Å². The van der Waals surface area contributed by atoms with Gasteiger partial charge in [0.25, 0.3) is 11.8 Å². The number of rotatable bonds is 6. The van der Waals surface area contributed by atoms with Gasteiger partial charge in [-0.15, -0.1) is 11.3 Å². The molecule has 0 saturated heterocycles. The molecule has 0 spiro atoms. The van der Waals surface area contributed by atoms with Crippen LogP contribution in [0.15, 0.2) is 18.7 Å². The Kier molecular flexibility index (Phi) is 6.26. The molecule has 3 heterocycles. The first kappa shape index (κ1) is 21.4. The second-order valence-electron chi connectivity index (χ2n) is 8.15. The fourth-order valence-corrected chi connectivity index (χ4v) is 4.92. The Morgan fingerprint density at radius 1 is 1.06 bits per heavy atom. The van der Waals surface area contributed by atoms with Crippen molar-refractivity contribution in [1.82, 2.24) is 35.4 Å². The van der Waals surface area contributed by atoms with Crippen molar-refractivity contribution in [2.45, 2.75) is 58.0 Å². The van der Waals surface area contributed by atoms with Crippen molar-refractivity contribution in [1.29, 1.82) is 0 Å². The number of hydrogen-bond donors (Lipinski definition) is 2. The molecule has 10 heteroatoms. The van der Waals surface area contributed by atoms with E-state index in [4.69, 9.17) is 0 Å². The number of nitrogens with zero attached hydrogens (tertiary/aromatic N) is 5. The highest BCUT2D eigenvalue weighted by Gasteiger charge is 2.24. The number of aryl methyl sites for hydroxylation is 1. The summed E-state index contributed by atoms with van der Waals surface area (Å²) in [5.74, 6) is 0.105. The molecule has 164 valence electrons. The highest BCUT2D eigenvalue weighted by atomic mass is 32.1. The van der Waals surface area contributed by atoms with Crippen molar-refractivity contribution in [3.63, 3.8) is 0 Å². The van der Waals surface area contributed by atoms with E-state index in [0.29, 0.717) is 26.8 Å². The fourth-order valence-electron chi connectivity index (χ4n) is 4.09. The average Bonchev–Trinajstić information content (AvgIpc) is 3.42. The van der Waals surface area contributed by atoms with Gasteiger partial charge in [0, 0.05) is 13.1 Å². The van der Waals surface area contributed by atoms with Gasteiger partial charge in [-0.1, -0.05) is 19.3 Å². The molecule has 3 aromatic rings. The first-order valence-electron chi connectivity index (χ1n) is 10.6. The number of carbonyl (C=O) groups excluding carboxylic acids is 2. The molecule has 31 heavy (non-hydrogen) atoms. The van der Waals surface area contributed by atoms with E-state index in [1.54, 1.807) is 24.1 Å². The van der Waals surface area contributed by atoms with Gasteiger partial charge in [-0.2, -0.15) is 5.10 Å². The van der Waals surface area contributed by atoms with Crippen LogP contribution < -0.4 is 10.6 Å². The molecule has 1 saturated carbocycles. The molecular formula is C21H27N7O2S. The van der Waals surface area contributed by atoms with Gasteiger partial charge in [-0.25, -0.2) is 15.0 Å². The summed E-state index contributed by atoms with van der Waals surface area (Å²) in [5, 5.41) is 11.4. The predicted molar refractivity (Wildman–Crippen MR) is 118 cm³/mol. The third kappa shape index (κ3) is 4.58. The third-order valence-corrected chi connectivity index (χ3v) is 7.10. The summed E-state index contributed by atoms with van der Waals surface area (Å²) in [4.78, 5) is 38.6. The van der Waals surface area contributed by atoms with Crippen molar-refractivity contribution in [2.24, 2.45) is 13.0 Å². The van der Waals surface area contributed by atoms with Gasteiger partial charge in [0.05, 0.1) is 23.8 Å². The normalized spacial score (nSPS) is 16.7. The van der Waals surface area contributed by atoms with Gasteiger partial charge >= 0.3 is 0 Å². The SMILES string of the molecule is CC(NC(=O)c1ncnc2c1cnn2C)c1ncc(C(=O)N[C@H](C)C2CCCCC2)s1. The smallest absolute Gasteiger partial charge is 0.271 e. The first-order valence-corrected chi connectivity index (χ1v) is 11.5. The molecule has 1 fully saturated rings.